The van der Waals surface area contributed by atoms with Crippen molar-refractivity contribution < 1.29 is 8.78 Å². The molecule has 76 valence electrons. The summed E-state index contributed by atoms with van der Waals surface area (Å²) in [5, 5.41) is 3.19. The van der Waals surface area contributed by atoms with E-state index in [1.807, 2.05) is 0 Å². The largest absolute Gasteiger partial charge is 0.398 e. The van der Waals surface area contributed by atoms with Crippen LogP contribution in [-0.2, 0) is 0 Å². The van der Waals surface area contributed by atoms with Crippen molar-refractivity contribution in [3.8, 4) is 0 Å². The Labute approximate surface area is 81.1 Å². The van der Waals surface area contributed by atoms with Crippen molar-refractivity contribution in [1.82, 2.24) is 5.32 Å². The second-order valence-corrected chi connectivity index (χ2v) is 3.54. The predicted molar refractivity (Wildman–Crippen MR) is 50.7 cm³/mol. The van der Waals surface area contributed by atoms with Crippen LogP contribution < -0.4 is 11.1 Å². The average molecular weight is 198 g/mol. The van der Waals surface area contributed by atoms with Gasteiger partial charge in [0.15, 0.2) is 11.6 Å². The molecule has 4 heteroatoms. The zero-order chi connectivity index (χ0) is 10.1. The van der Waals surface area contributed by atoms with Gasteiger partial charge in [0.25, 0.3) is 0 Å². The lowest BCUT2D eigenvalue weighted by atomic mass is 10.0. The van der Waals surface area contributed by atoms with Crippen LogP contribution in [0.4, 0.5) is 14.5 Å². The van der Waals surface area contributed by atoms with E-state index in [1.54, 1.807) is 0 Å². The van der Waals surface area contributed by atoms with E-state index in [4.69, 9.17) is 5.73 Å². The van der Waals surface area contributed by atoms with Crippen LogP contribution in [0.25, 0.3) is 0 Å². The van der Waals surface area contributed by atoms with Gasteiger partial charge in [-0.1, -0.05) is 0 Å². The first kappa shape index (κ1) is 9.40. The minimum Gasteiger partial charge on any atom is -0.398 e. The van der Waals surface area contributed by atoms with Crippen molar-refractivity contribution in [2.75, 3.05) is 12.3 Å². The third-order valence-corrected chi connectivity index (χ3v) is 2.56. The van der Waals surface area contributed by atoms with Gasteiger partial charge in [0, 0.05) is 17.8 Å². The van der Waals surface area contributed by atoms with Gasteiger partial charge >= 0.3 is 0 Å². The van der Waals surface area contributed by atoms with Gasteiger partial charge in [0.1, 0.15) is 0 Å². The van der Waals surface area contributed by atoms with Crippen LogP contribution in [0.3, 0.4) is 0 Å². The Bertz CT molecular complexity index is 346. The number of rotatable bonds is 1. The van der Waals surface area contributed by atoms with Crippen molar-refractivity contribution in [3.05, 3.63) is 29.3 Å². The Kier molecular flexibility index (Phi) is 2.37. The predicted octanol–water partition coefficient (Wildman–Crippen LogP) is 1.97. The number of nitrogens with two attached hydrogens (primary N) is 1. The fraction of sp³-hybridized carbons (Fsp3) is 0.400. The quantitative estimate of drug-likeness (QED) is 0.677. The highest BCUT2D eigenvalue weighted by Crippen LogP contribution is 2.29. The molecule has 2 nitrogen and oxygen atoms in total. The van der Waals surface area contributed by atoms with Gasteiger partial charge < -0.3 is 11.1 Å². The Morgan fingerprint density at radius 2 is 2.00 bits per heavy atom. The van der Waals surface area contributed by atoms with Crippen LogP contribution in [-0.4, -0.2) is 6.54 Å². The maximum atomic E-state index is 13.0. The van der Waals surface area contributed by atoms with Crippen molar-refractivity contribution in [1.29, 1.82) is 0 Å². The van der Waals surface area contributed by atoms with E-state index >= 15 is 0 Å². The first-order chi connectivity index (χ1) is 6.68. The Hall–Kier alpha value is -1.16. The molecular formula is C10H12F2N2. The van der Waals surface area contributed by atoms with E-state index in [0.717, 1.165) is 25.5 Å². The molecule has 1 atom stereocenters. The molecule has 0 aliphatic carbocycles. The summed E-state index contributed by atoms with van der Waals surface area (Å²) in [6.45, 7) is 0.906. The first-order valence-electron chi connectivity index (χ1n) is 4.66. The summed E-state index contributed by atoms with van der Waals surface area (Å²) in [6.07, 6.45) is 1.97. The van der Waals surface area contributed by atoms with Gasteiger partial charge in [-0.3, -0.25) is 0 Å². The third kappa shape index (κ3) is 1.57. The van der Waals surface area contributed by atoms with Crippen LogP contribution in [0.5, 0.6) is 0 Å². The smallest absolute Gasteiger partial charge is 0.160 e. The lowest BCUT2D eigenvalue weighted by molar-refractivity contribution is 0.504. The summed E-state index contributed by atoms with van der Waals surface area (Å²) < 4.78 is 25.7. The summed E-state index contributed by atoms with van der Waals surface area (Å²) >= 11 is 0. The molecule has 3 N–H and O–H groups in total. The lowest BCUT2D eigenvalue weighted by Gasteiger charge is -2.13. The number of hydrogen-bond acceptors (Lipinski definition) is 2. The topological polar surface area (TPSA) is 38.0 Å². The van der Waals surface area contributed by atoms with Gasteiger partial charge in [0.05, 0.1) is 0 Å². The van der Waals surface area contributed by atoms with E-state index in [0.29, 0.717) is 11.3 Å². The highest BCUT2D eigenvalue weighted by molar-refractivity contribution is 5.49. The maximum Gasteiger partial charge on any atom is 0.160 e. The summed E-state index contributed by atoms with van der Waals surface area (Å²) in [5.41, 5.74) is 6.61. The number of nitrogen functional groups attached to an aromatic ring is 1. The molecule has 0 bridgehead atoms. The summed E-state index contributed by atoms with van der Waals surface area (Å²) in [4.78, 5) is 0. The fourth-order valence-electron chi connectivity index (χ4n) is 1.83. The molecule has 2 rings (SSSR count). The maximum absolute atomic E-state index is 13.0. The minimum absolute atomic E-state index is 0.0742. The summed E-state index contributed by atoms with van der Waals surface area (Å²) in [6, 6.07) is 2.31. The molecule has 0 spiro atoms. The molecule has 14 heavy (non-hydrogen) atoms. The molecule has 1 heterocycles. The molecule has 0 saturated carbocycles. The van der Waals surface area contributed by atoms with Gasteiger partial charge in [-0.05, 0) is 31.0 Å². The zero-order valence-corrected chi connectivity index (χ0v) is 7.69. The molecule has 0 amide bonds. The third-order valence-electron chi connectivity index (χ3n) is 2.56. The second kappa shape index (κ2) is 3.53. The SMILES string of the molecule is Nc1cc(F)c(F)cc1C1CCCN1. The molecule has 1 fully saturated rings. The zero-order valence-electron chi connectivity index (χ0n) is 7.69. The Morgan fingerprint density at radius 1 is 1.29 bits per heavy atom. The van der Waals surface area contributed by atoms with Crippen LogP contribution in [0, 0.1) is 11.6 Å². The minimum atomic E-state index is -0.885. The molecule has 1 saturated heterocycles. The van der Waals surface area contributed by atoms with E-state index < -0.39 is 11.6 Å². The molecule has 1 unspecified atom stereocenters. The van der Waals surface area contributed by atoms with Crippen molar-refractivity contribution >= 4 is 5.69 Å². The summed E-state index contributed by atoms with van der Waals surface area (Å²) in [5.74, 6) is -1.72. The highest BCUT2D eigenvalue weighted by atomic mass is 19.2. The van der Waals surface area contributed by atoms with Crippen LogP contribution in [0.2, 0.25) is 0 Å². The van der Waals surface area contributed by atoms with E-state index in [9.17, 15) is 8.78 Å². The summed E-state index contributed by atoms with van der Waals surface area (Å²) in [7, 11) is 0. The van der Waals surface area contributed by atoms with Crippen LogP contribution in [0.15, 0.2) is 12.1 Å². The lowest BCUT2D eigenvalue weighted by Crippen LogP contribution is -2.15. The van der Waals surface area contributed by atoms with E-state index in [1.165, 1.54) is 6.07 Å². The molecule has 1 aliphatic heterocycles. The molecule has 0 aromatic heterocycles. The Morgan fingerprint density at radius 3 is 2.64 bits per heavy atom. The van der Waals surface area contributed by atoms with Gasteiger partial charge in [-0.15, -0.1) is 0 Å². The molecule has 1 aromatic rings. The number of halogens is 2. The van der Waals surface area contributed by atoms with Crippen molar-refractivity contribution in [2.24, 2.45) is 0 Å². The van der Waals surface area contributed by atoms with Crippen molar-refractivity contribution in [2.45, 2.75) is 18.9 Å². The first-order valence-corrected chi connectivity index (χ1v) is 4.66. The van der Waals surface area contributed by atoms with E-state index in [2.05, 4.69) is 5.32 Å². The second-order valence-electron chi connectivity index (χ2n) is 3.54. The van der Waals surface area contributed by atoms with Gasteiger partial charge in [-0.2, -0.15) is 0 Å². The number of hydrogen-bond donors (Lipinski definition) is 2. The van der Waals surface area contributed by atoms with Crippen LogP contribution >= 0.6 is 0 Å². The monoisotopic (exact) mass is 198 g/mol. The Balaban J connectivity index is 2.37. The normalized spacial score (nSPS) is 21.4. The molecule has 1 aliphatic rings. The van der Waals surface area contributed by atoms with Gasteiger partial charge in [0.2, 0.25) is 0 Å². The fourth-order valence-corrected chi connectivity index (χ4v) is 1.83. The van der Waals surface area contributed by atoms with Gasteiger partial charge in [-0.25, -0.2) is 8.78 Å². The van der Waals surface area contributed by atoms with Crippen molar-refractivity contribution in [3.63, 3.8) is 0 Å². The van der Waals surface area contributed by atoms with E-state index in [-0.39, 0.29) is 6.04 Å². The molecule has 0 radical (unpaired) electrons. The highest BCUT2D eigenvalue weighted by Gasteiger charge is 2.20. The molecule has 1 aromatic carbocycles. The number of nitrogens with one attached hydrogen (secondary N) is 1. The molecular weight excluding hydrogens is 186 g/mol. The van der Waals surface area contributed by atoms with Crippen LogP contribution in [0.1, 0.15) is 24.4 Å². The average Bonchev–Trinajstić information content (AvgIpc) is 2.64. The standard InChI is InChI=1S/C10H12F2N2/c11-7-4-6(9(13)5-8(7)12)10-2-1-3-14-10/h4-5,10,14H,1-3,13H2. The number of benzene rings is 1. The number of anilines is 1.